The molecule has 0 aliphatic heterocycles. The van der Waals surface area contributed by atoms with Crippen LogP contribution in [0.4, 0.5) is 8.78 Å². The van der Waals surface area contributed by atoms with Crippen LogP contribution in [-0.2, 0) is 19.7 Å². The second-order valence-corrected chi connectivity index (χ2v) is 12.7. The van der Waals surface area contributed by atoms with Crippen molar-refractivity contribution >= 4 is 23.8 Å². The molecule has 0 spiro atoms. The summed E-state index contributed by atoms with van der Waals surface area (Å²) in [4.78, 5) is 4.09. The van der Waals surface area contributed by atoms with Gasteiger partial charge in [0.1, 0.15) is 35.8 Å². The largest absolute Gasteiger partial charge is 0.496 e. The molecule has 8 nitrogen and oxygen atoms in total. The summed E-state index contributed by atoms with van der Waals surface area (Å²) in [6.07, 6.45) is 6.10. The molecule has 0 atom stereocenters. The van der Waals surface area contributed by atoms with Crippen molar-refractivity contribution in [2.75, 3.05) is 33.4 Å². The molecule has 4 N–H and O–H groups in total. The Kier molecular flexibility index (Phi) is 14.2. The third-order valence-electron chi connectivity index (χ3n) is 9.04. The third-order valence-corrected chi connectivity index (χ3v) is 9.04. The molecule has 0 fully saturated rings. The van der Waals surface area contributed by atoms with Crippen LogP contribution in [0.25, 0.3) is 34.9 Å². The topological polar surface area (TPSA) is 120 Å². The van der Waals surface area contributed by atoms with Crippen molar-refractivity contribution in [3.8, 4) is 28.7 Å². The zero-order valence-electron chi connectivity index (χ0n) is 30.6. The highest BCUT2D eigenvalue weighted by atomic mass is 19.1. The van der Waals surface area contributed by atoms with Crippen LogP contribution in [0.2, 0.25) is 0 Å². The molecule has 0 bridgehead atoms. The van der Waals surface area contributed by atoms with Crippen molar-refractivity contribution in [1.29, 1.82) is 5.26 Å². The maximum Gasteiger partial charge on any atom is 0.131 e. The molecule has 0 amide bonds. The van der Waals surface area contributed by atoms with Gasteiger partial charge in [-0.1, -0.05) is 60.7 Å². The van der Waals surface area contributed by atoms with E-state index in [1.54, 1.807) is 49.7 Å². The molecule has 0 saturated carbocycles. The second-order valence-electron chi connectivity index (χ2n) is 12.7. The van der Waals surface area contributed by atoms with Crippen LogP contribution in [-0.4, -0.2) is 48.6 Å². The predicted molar refractivity (Wildman–Crippen MR) is 210 cm³/mol. The summed E-state index contributed by atoms with van der Waals surface area (Å²) in [5, 5.41) is 33.8. The maximum atomic E-state index is 16.1. The lowest BCUT2D eigenvalue weighted by Gasteiger charge is -2.15. The first-order chi connectivity index (χ1) is 26.3. The van der Waals surface area contributed by atoms with E-state index in [9.17, 15) is 10.4 Å². The van der Waals surface area contributed by atoms with Gasteiger partial charge >= 0.3 is 0 Å². The van der Waals surface area contributed by atoms with Gasteiger partial charge in [-0.15, -0.1) is 0 Å². The zero-order chi connectivity index (χ0) is 38.5. The summed E-state index contributed by atoms with van der Waals surface area (Å²) in [5.74, 6) is 0.148. The number of benzene rings is 4. The summed E-state index contributed by atoms with van der Waals surface area (Å²) in [7, 11) is 1.54. The number of nitrogens with one attached hydrogen (secondary N) is 2. The van der Waals surface area contributed by atoms with E-state index in [1.165, 1.54) is 18.3 Å². The summed E-state index contributed by atoms with van der Waals surface area (Å²) in [6, 6.07) is 25.5. The fourth-order valence-electron chi connectivity index (χ4n) is 6.06. The van der Waals surface area contributed by atoms with Gasteiger partial charge in [0.15, 0.2) is 0 Å². The predicted octanol–water partition coefficient (Wildman–Crippen LogP) is 7.92. The molecule has 1 aromatic heterocycles. The van der Waals surface area contributed by atoms with Crippen LogP contribution in [0, 0.1) is 25.2 Å². The molecule has 0 aliphatic rings. The number of aromatic nitrogens is 1. The van der Waals surface area contributed by atoms with Gasteiger partial charge in [0.2, 0.25) is 0 Å². The number of rotatable bonds is 17. The lowest BCUT2D eigenvalue weighted by atomic mass is 9.91. The fourth-order valence-corrected chi connectivity index (χ4v) is 6.06. The Balaban J connectivity index is 1.41. The van der Waals surface area contributed by atoms with Crippen molar-refractivity contribution in [2.24, 2.45) is 0 Å². The molecular weight excluding hydrogens is 687 g/mol. The number of hydrogen-bond acceptors (Lipinski definition) is 8. The SMILES string of the molecule is COc1cc(/C(F)=C/c2cccc(-c3cccc(/C=C(\F)c4ccc(CNCCO)c(OCc5cncc(C#N)c5)c4)c3C)c2C)ccc1CNCCO. The van der Waals surface area contributed by atoms with Gasteiger partial charge < -0.3 is 30.3 Å². The lowest BCUT2D eigenvalue weighted by molar-refractivity contribution is 0.288. The van der Waals surface area contributed by atoms with Crippen molar-refractivity contribution in [2.45, 2.75) is 33.5 Å². The van der Waals surface area contributed by atoms with E-state index in [-0.39, 0.29) is 19.8 Å². The van der Waals surface area contributed by atoms with Crippen molar-refractivity contribution < 1.29 is 28.5 Å². The molecule has 278 valence electrons. The fraction of sp³-hybridized carbons (Fsp3) is 0.227. The Bertz CT molecular complexity index is 2180. The molecule has 0 unspecified atom stereocenters. The number of aliphatic hydroxyl groups excluding tert-OH is 2. The summed E-state index contributed by atoms with van der Waals surface area (Å²) in [6.45, 7) is 5.73. The van der Waals surface area contributed by atoms with Gasteiger partial charge in [0.25, 0.3) is 0 Å². The number of hydrogen-bond donors (Lipinski definition) is 4. The first-order valence-corrected chi connectivity index (χ1v) is 17.6. The Morgan fingerprint density at radius 2 is 1.30 bits per heavy atom. The number of halogens is 2. The quantitative estimate of drug-likeness (QED) is 0.0563. The summed E-state index contributed by atoms with van der Waals surface area (Å²) in [5.41, 5.74) is 8.40. The number of ether oxygens (including phenoxy) is 2. The van der Waals surface area contributed by atoms with Crippen LogP contribution in [0.5, 0.6) is 11.5 Å². The van der Waals surface area contributed by atoms with Gasteiger partial charge in [-0.3, -0.25) is 4.98 Å². The van der Waals surface area contributed by atoms with E-state index in [0.717, 1.165) is 33.4 Å². The van der Waals surface area contributed by atoms with Crippen LogP contribution < -0.4 is 20.1 Å². The average molecular weight is 731 g/mol. The lowest BCUT2D eigenvalue weighted by Crippen LogP contribution is -2.18. The number of pyridine rings is 1. The maximum absolute atomic E-state index is 16.1. The number of aliphatic hydroxyl groups is 2. The normalized spacial score (nSPS) is 11.7. The smallest absolute Gasteiger partial charge is 0.131 e. The van der Waals surface area contributed by atoms with E-state index in [4.69, 9.17) is 14.6 Å². The number of nitriles is 1. The van der Waals surface area contributed by atoms with Gasteiger partial charge in [0, 0.05) is 66.4 Å². The third kappa shape index (κ3) is 10.0. The monoisotopic (exact) mass is 730 g/mol. The second kappa shape index (κ2) is 19.4. The van der Waals surface area contributed by atoms with Gasteiger partial charge in [-0.05, 0) is 77.6 Å². The minimum atomic E-state index is -0.454. The molecule has 5 rings (SSSR count). The highest BCUT2D eigenvalue weighted by Gasteiger charge is 2.14. The molecule has 0 radical (unpaired) electrons. The van der Waals surface area contributed by atoms with E-state index >= 15 is 8.78 Å². The minimum absolute atomic E-state index is 0.0202. The number of methoxy groups -OCH3 is 1. The Hall–Kier alpha value is -5.70. The summed E-state index contributed by atoms with van der Waals surface area (Å²) >= 11 is 0. The Morgan fingerprint density at radius 3 is 1.81 bits per heavy atom. The van der Waals surface area contributed by atoms with E-state index in [1.807, 2.05) is 56.3 Å². The van der Waals surface area contributed by atoms with Gasteiger partial charge in [-0.25, -0.2) is 8.78 Å². The molecular formula is C44H44F2N4O4. The van der Waals surface area contributed by atoms with Crippen molar-refractivity contribution in [3.63, 3.8) is 0 Å². The van der Waals surface area contributed by atoms with Crippen molar-refractivity contribution in [1.82, 2.24) is 15.6 Å². The molecule has 10 heteroatoms. The van der Waals surface area contributed by atoms with E-state index < -0.39 is 11.7 Å². The first kappa shape index (κ1) is 39.5. The van der Waals surface area contributed by atoms with Crippen LogP contribution in [0.1, 0.15) is 55.6 Å². The highest BCUT2D eigenvalue weighted by molar-refractivity contribution is 5.85. The van der Waals surface area contributed by atoms with Crippen LogP contribution in [0.3, 0.4) is 0 Å². The molecule has 54 heavy (non-hydrogen) atoms. The highest BCUT2D eigenvalue weighted by Crippen LogP contribution is 2.35. The first-order valence-electron chi connectivity index (χ1n) is 17.6. The average Bonchev–Trinajstić information content (AvgIpc) is 3.19. The zero-order valence-corrected chi connectivity index (χ0v) is 30.6. The molecule has 4 aromatic carbocycles. The Morgan fingerprint density at radius 1 is 0.759 bits per heavy atom. The molecule has 5 aromatic rings. The Labute approximate surface area is 315 Å². The van der Waals surface area contributed by atoms with Crippen LogP contribution >= 0.6 is 0 Å². The van der Waals surface area contributed by atoms with E-state index in [2.05, 4.69) is 21.7 Å². The van der Waals surface area contributed by atoms with Gasteiger partial charge in [0.05, 0.1) is 25.9 Å². The molecule has 1 heterocycles. The van der Waals surface area contributed by atoms with Crippen molar-refractivity contribution in [3.05, 3.63) is 147 Å². The molecule has 0 saturated heterocycles. The minimum Gasteiger partial charge on any atom is -0.496 e. The van der Waals surface area contributed by atoms with Crippen LogP contribution in [0.15, 0.2) is 91.3 Å². The standard InChI is InChI=1S/C44H44F2N4O4/c1-29-33(19-41(45)35-10-12-37(26-48-14-16-51)43(21-35)53-3)6-4-8-39(29)40-9-5-7-34(30(40)2)20-42(46)36-11-13-38(27-49-15-17-52)44(22-36)54-28-32-18-31(23-47)24-50-25-32/h4-13,18-22,24-25,48-49,51-52H,14-17,26-28H2,1-3H3/b41-19-,42-20-. The molecule has 0 aliphatic carbocycles. The van der Waals surface area contributed by atoms with Gasteiger partial charge in [-0.2, -0.15) is 5.26 Å². The summed E-state index contributed by atoms with van der Waals surface area (Å²) < 4.78 is 43.4. The van der Waals surface area contributed by atoms with E-state index in [0.29, 0.717) is 71.1 Å². The number of nitrogens with zero attached hydrogens (tertiary/aromatic N) is 2.